The fourth-order valence-electron chi connectivity index (χ4n) is 3.41. The molecule has 1 N–H and O–H groups in total. The number of carboxylic acids is 1. The van der Waals surface area contributed by atoms with Crippen LogP contribution in [0.3, 0.4) is 0 Å². The minimum atomic E-state index is -4.54. The van der Waals surface area contributed by atoms with Crippen molar-refractivity contribution >= 4 is 28.6 Å². The summed E-state index contributed by atoms with van der Waals surface area (Å²) in [6.07, 6.45) is -4.54. The molecule has 3 heterocycles. The van der Waals surface area contributed by atoms with Gasteiger partial charge in [-0.2, -0.15) is 18.3 Å². The van der Waals surface area contributed by atoms with E-state index in [1.54, 1.807) is 32.0 Å². The molecule has 9 heteroatoms. The molecular weight excluding hydrogens is 469 g/mol. The van der Waals surface area contributed by atoms with Crippen LogP contribution in [0.1, 0.15) is 34.9 Å². The summed E-state index contributed by atoms with van der Waals surface area (Å²) in [6.45, 7) is 5.47. The number of thiophene rings is 2. The Morgan fingerprint density at radius 1 is 1.03 bits per heavy atom. The highest BCUT2D eigenvalue weighted by molar-refractivity contribution is 7.18. The van der Waals surface area contributed by atoms with Gasteiger partial charge in [0.2, 0.25) is 0 Å². The Morgan fingerprint density at radius 2 is 1.76 bits per heavy atom. The minimum absolute atomic E-state index is 0.249. The smallest absolute Gasteiger partial charge is 0.435 e. The maximum absolute atomic E-state index is 13.4. The van der Waals surface area contributed by atoms with Crippen LogP contribution in [0.15, 0.2) is 54.6 Å². The first-order valence-electron chi connectivity index (χ1n) is 10.1. The molecule has 4 aromatic rings. The van der Waals surface area contributed by atoms with Gasteiger partial charge < -0.3 is 5.11 Å². The number of carbonyl (C=O) groups is 1. The van der Waals surface area contributed by atoms with Crippen LogP contribution in [0.4, 0.5) is 13.2 Å². The summed E-state index contributed by atoms with van der Waals surface area (Å²) in [4.78, 5) is 15.1. The largest absolute Gasteiger partial charge is 0.481 e. The lowest BCUT2D eigenvalue weighted by molar-refractivity contribution is -0.143. The number of hydrogen-bond acceptors (Lipinski definition) is 4. The molecule has 4 nitrogen and oxygen atoms in total. The van der Waals surface area contributed by atoms with Gasteiger partial charge in [-0.1, -0.05) is 18.2 Å². The molecule has 3 aromatic heterocycles. The fraction of sp³-hybridized carbons (Fsp3) is 0.250. The molecule has 0 saturated heterocycles. The van der Waals surface area contributed by atoms with E-state index < -0.39 is 23.3 Å². The third-order valence-electron chi connectivity index (χ3n) is 5.43. The van der Waals surface area contributed by atoms with E-state index in [4.69, 9.17) is 0 Å². The van der Waals surface area contributed by atoms with E-state index in [1.807, 2.05) is 37.3 Å². The molecule has 0 aliphatic heterocycles. The summed E-state index contributed by atoms with van der Waals surface area (Å²) < 4.78 is 41.6. The first-order chi connectivity index (χ1) is 15.4. The number of aliphatic carboxylic acids is 1. The third-order valence-corrected chi connectivity index (χ3v) is 7.58. The molecule has 0 bridgehead atoms. The predicted octanol–water partition coefficient (Wildman–Crippen LogP) is 7.08. The number of aryl methyl sites for hydroxylation is 1. The highest BCUT2D eigenvalue weighted by Gasteiger charge is 2.35. The lowest BCUT2D eigenvalue weighted by Crippen LogP contribution is -2.28. The van der Waals surface area contributed by atoms with E-state index >= 15 is 0 Å². The molecule has 1 aromatic carbocycles. The molecule has 0 spiro atoms. The van der Waals surface area contributed by atoms with Crippen molar-refractivity contribution in [3.05, 3.63) is 75.6 Å². The number of carboxylic acid groups (broad SMARTS) is 1. The molecule has 0 unspecified atom stereocenters. The van der Waals surface area contributed by atoms with Gasteiger partial charge in [0, 0.05) is 14.6 Å². The molecule has 0 saturated carbocycles. The van der Waals surface area contributed by atoms with Crippen molar-refractivity contribution in [2.75, 3.05) is 0 Å². The average Bonchev–Trinajstić information content (AvgIpc) is 3.47. The highest BCUT2D eigenvalue weighted by Crippen LogP contribution is 2.39. The second kappa shape index (κ2) is 8.46. The zero-order chi connectivity index (χ0) is 24.0. The van der Waals surface area contributed by atoms with Crippen LogP contribution in [0.5, 0.6) is 0 Å². The van der Waals surface area contributed by atoms with Gasteiger partial charge in [-0.05, 0) is 68.3 Å². The maximum Gasteiger partial charge on any atom is 0.435 e. The summed E-state index contributed by atoms with van der Waals surface area (Å²) in [6, 6.07) is 15.8. The lowest BCUT2D eigenvalue weighted by Gasteiger charge is -2.20. The number of aromatic nitrogens is 2. The molecule has 0 radical (unpaired) electrons. The highest BCUT2D eigenvalue weighted by atomic mass is 32.1. The van der Waals surface area contributed by atoms with Gasteiger partial charge in [-0.3, -0.25) is 9.48 Å². The van der Waals surface area contributed by atoms with Gasteiger partial charge in [0.05, 0.1) is 22.5 Å². The summed E-state index contributed by atoms with van der Waals surface area (Å²) >= 11 is 2.87. The van der Waals surface area contributed by atoms with Crippen LogP contribution in [0.25, 0.3) is 21.0 Å². The summed E-state index contributed by atoms with van der Waals surface area (Å²) in [5.41, 5.74) is -0.124. The number of halogens is 3. The van der Waals surface area contributed by atoms with Crippen molar-refractivity contribution in [3.63, 3.8) is 0 Å². The van der Waals surface area contributed by atoms with Gasteiger partial charge in [-0.25, -0.2) is 0 Å². The van der Waals surface area contributed by atoms with E-state index in [1.165, 1.54) is 27.4 Å². The number of alkyl halides is 3. The van der Waals surface area contributed by atoms with Gasteiger partial charge >= 0.3 is 12.1 Å². The average molecular weight is 491 g/mol. The Morgan fingerprint density at radius 3 is 2.39 bits per heavy atom. The number of rotatable bonds is 6. The Balaban J connectivity index is 1.73. The molecule has 0 amide bonds. The van der Waals surface area contributed by atoms with Crippen molar-refractivity contribution in [1.82, 2.24) is 9.78 Å². The Bertz CT molecular complexity index is 1320. The van der Waals surface area contributed by atoms with E-state index in [9.17, 15) is 23.1 Å². The second-order valence-electron chi connectivity index (χ2n) is 8.26. The topological polar surface area (TPSA) is 55.1 Å². The quantitative estimate of drug-likeness (QED) is 0.314. The maximum atomic E-state index is 13.4. The van der Waals surface area contributed by atoms with Crippen molar-refractivity contribution < 1.29 is 23.1 Å². The molecule has 33 heavy (non-hydrogen) atoms. The normalized spacial score (nSPS) is 12.3. The molecule has 172 valence electrons. The van der Waals surface area contributed by atoms with Crippen molar-refractivity contribution in [1.29, 1.82) is 0 Å². The fourth-order valence-corrected chi connectivity index (χ4v) is 5.30. The van der Waals surface area contributed by atoms with Crippen molar-refractivity contribution in [2.24, 2.45) is 0 Å². The summed E-state index contributed by atoms with van der Waals surface area (Å²) in [7, 11) is 0. The lowest BCUT2D eigenvalue weighted by atomic mass is 9.84. The zero-order valence-electron chi connectivity index (χ0n) is 18.1. The Kier molecular flexibility index (Phi) is 5.96. The van der Waals surface area contributed by atoms with Crippen LogP contribution in [-0.2, 0) is 22.9 Å². The van der Waals surface area contributed by atoms with Gasteiger partial charge in [-0.15, -0.1) is 22.7 Å². The van der Waals surface area contributed by atoms with Crippen LogP contribution in [0, 0.1) is 6.92 Å². The van der Waals surface area contributed by atoms with Crippen LogP contribution >= 0.6 is 22.7 Å². The molecule has 0 aliphatic carbocycles. The van der Waals surface area contributed by atoms with Gasteiger partial charge in [0.15, 0.2) is 5.69 Å². The SMILES string of the molecule is Cc1ccc(Cn2nc(C(F)(F)F)cc2-c2ccc(-c3cccc(C(C)(C)C(=O)O)c3)s2)s1. The number of nitrogens with zero attached hydrogens (tertiary/aromatic N) is 2. The van der Waals surface area contributed by atoms with E-state index in [0.717, 1.165) is 26.3 Å². The zero-order valence-corrected chi connectivity index (χ0v) is 19.7. The number of benzene rings is 1. The van der Waals surface area contributed by atoms with E-state index in [0.29, 0.717) is 16.1 Å². The Labute approximate surface area is 196 Å². The number of hydrogen-bond donors (Lipinski definition) is 1. The predicted molar refractivity (Wildman–Crippen MR) is 125 cm³/mol. The summed E-state index contributed by atoms with van der Waals surface area (Å²) in [5, 5.41) is 13.4. The van der Waals surface area contributed by atoms with E-state index in [2.05, 4.69) is 5.10 Å². The first-order valence-corrected chi connectivity index (χ1v) is 11.7. The van der Waals surface area contributed by atoms with Crippen molar-refractivity contribution in [2.45, 2.75) is 38.9 Å². The minimum Gasteiger partial charge on any atom is -0.481 e. The Hall–Kier alpha value is -2.91. The third kappa shape index (κ3) is 4.74. The van der Waals surface area contributed by atoms with Crippen LogP contribution in [0.2, 0.25) is 0 Å². The standard InChI is InChI=1S/C24H21F3N2O2S2/c1-14-7-8-17(32-14)13-29-18(12-21(28-29)24(25,26)27)20-10-9-19(33-20)15-5-4-6-16(11-15)23(2,3)22(30)31/h4-12H,13H2,1-3H3,(H,30,31). The van der Waals surface area contributed by atoms with Gasteiger partial charge in [0.25, 0.3) is 0 Å². The monoisotopic (exact) mass is 490 g/mol. The molecule has 4 rings (SSSR count). The second-order valence-corrected chi connectivity index (χ2v) is 10.7. The molecule has 0 atom stereocenters. The first kappa shape index (κ1) is 23.3. The molecular formula is C24H21F3N2O2S2. The molecule has 0 aliphatic rings. The molecule has 0 fully saturated rings. The van der Waals surface area contributed by atoms with Crippen LogP contribution in [-0.4, -0.2) is 20.9 Å². The van der Waals surface area contributed by atoms with Gasteiger partial charge in [0.1, 0.15) is 0 Å². The van der Waals surface area contributed by atoms with Crippen molar-refractivity contribution in [3.8, 4) is 21.0 Å². The van der Waals surface area contributed by atoms with E-state index in [-0.39, 0.29) is 6.54 Å². The van der Waals surface area contributed by atoms with Crippen LogP contribution < -0.4 is 0 Å². The summed E-state index contributed by atoms with van der Waals surface area (Å²) in [5.74, 6) is -0.932.